The van der Waals surface area contributed by atoms with Crippen LogP contribution in [0.15, 0.2) is 72.8 Å². The summed E-state index contributed by atoms with van der Waals surface area (Å²) in [5.74, 6) is -0.208. The summed E-state index contributed by atoms with van der Waals surface area (Å²) in [6.45, 7) is 6.47. The molecule has 1 atom stereocenters. The molecule has 4 heteroatoms. The largest absolute Gasteiger partial charge is 0.357 e. The van der Waals surface area contributed by atoms with Gasteiger partial charge in [0.1, 0.15) is 6.04 Å². The lowest BCUT2D eigenvalue weighted by Gasteiger charge is -2.31. The van der Waals surface area contributed by atoms with Gasteiger partial charge in [-0.2, -0.15) is 0 Å². The fraction of sp³-hybridized carbons (Fsp3) is 0.286. The second-order valence-corrected chi connectivity index (χ2v) is 8.44. The average Bonchev–Trinajstić information content (AvgIpc) is 2.78. The Morgan fingerprint density at radius 3 is 2.22 bits per heavy atom. The van der Waals surface area contributed by atoms with Crippen LogP contribution in [0.4, 0.5) is 0 Å². The summed E-state index contributed by atoms with van der Waals surface area (Å²) in [5.41, 5.74) is 6.37. The molecule has 3 aromatic rings. The first-order valence-electron chi connectivity index (χ1n) is 11.0. The maximum Gasteiger partial charge on any atom is 0.242 e. The van der Waals surface area contributed by atoms with E-state index in [0.717, 1.165) is 33.4 Å². The van der Waals surface area contributed by atoms with Gasteiger partial charge in [-0.25, -0.2) is 0 Å². The molecule has 0 aromatic heterocycles. The van der Waals surface area contributed by atoms with Gasteiger partial charge in [-0.1, -0.05) is 83.9 Å². The third kappa shape index (κ3) is 6.07. The Morgan fingerprint density at radius 2 is 1.53 bits per heavy atom. The molecule has 0 aliphatic heterocycles. The molecule has 0 aliphatic carbocycles. The Kier molecular flexibility index (Phi) is 7.82. The molecule has 0 heterocycles. The Morgan fingerprint density at radius 1 is 0.844 bits per heavy atom. The molecule has 1 N–H and O–H groups in total. The van der Waals surface area contributed by atoms with Crippen LogP contribution in [0.2, 0.25) is 0 Å². The van der Waals surface area contributed by atoms with E-state index in [9.17, 15) is 9.59 Å². The maximum atomic E-state index is 13.7. The van der Waals surface area contributed by atoms with Crippen LogP contribution in [0.25, 0.3) is 0 Å². The van der Waals surface area contributed by atoms with Crippen molar-refractivity contribution in [2.45, 2.75) is 46.2 Å². The molecule has 32 heavy (non-hydrogen) atoms. The molecule has 2 amide bonds. The van der Waals surface area contributed by atoms with E-state index in [4.69, 9.17) is 0 Å². The Hall–Kier alpha value is -3.40. The lowest BCUT2D eigenvalue weighted by Crippen LogP contribution is -2.50. The molecule has 3 rings (SSSR count). The number of benzene rings is 3. The van der Waals surface area contributed by atoms with Crippen molar-refractivity contribution in [3.63, 3.8) is 0 Å². The summed E-state index contributed by atoms with van der Waals surface area (Å²) in [7, 11) is 1.63. The van der Waals surface area contributed by atoms with Gasteiger partial charge in [-0.15, -0.1) is 0 Å². The molecular formula is C28H32N2O2. The number of aryl methyl sites for hydroxylation is 3. The number of carbonyl (C=O) groups is 2. The van der Waals surface area contributed by atoms with Crippen molar-refractivity contribution in [2.24, 2.45) is 0 Å². The predicted octanol–water partition coefficient (Wildman–Crippen LogP) is 4.54. The summed E-state index contributed by atoms with van der Waals surface area (Å²) in [4.78, 5) is 28.4. The fourth-order valence-electron chi connectivity index (χ4n) is 3.98. The molecule has 0 saturated carbocycles. The van der Waals surface area contributed by atoms with Gasteiger partial charge in [-0.05, 0) is 43.0 Å². The van der Waals surface area contributed by atoms with Crippen molar-refractivity contribution in [2.75, 3.05) is 7.05 Å². The first kappa shape index (κ1) is 23.3. The van der Waals surface area contributed by atoms with Crippen molar-refractivity contribution in [1.29, 1.82) is 0 Å². The average molecular weight is 429 g/mol. The molecule has 4 nitrogen and oxygen atoms in total. The number of rotatable bonds is 8. The van der Waals surface area contributed by atoms with Gasteiger partial charge in [0, 0.05) is 20.0 Å². The fourth-order valence-corrected chi connectivity index (χ4v) is 3.98. The predicted molar refractivity (Wildman–Crippen MR) is 129 cm³/mol. The van der Waals surface area contributed by atoms with Crippen LogP contribution in [0, 0.1) is 20.8 Å². The molecule has 0 fully saturated rings. The standard InChI is InChI=1S/C28H32N2O2/c1-20-9-8-12-24(15-20)19-30(27(31)18-25-16-21(2)13-14-22(25)3)26(28(32)29-4)17-23-10-6-5-7-11-23/h5-16,26H,17-19H2,1-4H3,(H,29,32)/t26-/m0/s1. The van der Waals surface area contributed by atoms with Gasteiger partial charge >= 0.3 is 0 Å². The van der Waals surface area contributed by atoms with Crippen LogP contribution in [-0.2, 0) is 29.0 Å². The van der Waals surface area contributed by atoms with Crippen LogP contribution in [0.3, 0.4) is 0 Å². The van der Waals surface area contributed by atoms with Crippen molar-refractivity contribution >= 4 is 11.8 Å². The lowest BCUT2D eigenvalue weighted by atomic mass is 9.99. The molecule has 0 radical (unpaired) electrons. The van der Waals surface area contributed by atoms with Crippen LogP contribution < -0.4 is 5.32 Å². The molecular weight excluding hydrogens is 396 g/mol. The Bertz CT molecular complexity index is 1080. The second kappa shape index (κ2) is 10.8. The van der Waals surface area contributed by atoms with E-state index in [2.05, 4.69) is 23.5 Å². The minimum Gasteiger partial charge on any atom is -0.357 e. The van der Waals surface area contributed by atoms with Crippen LogP contribution >= 0.6 is 0 Å². The lowest BCUT2D eigenvalue weighted by molar-refractivity contribution is -0.140. The summed E-state index contributed by atoms with van der Waals surface area (Å²) < 4.78 is 0. The summed E-state index contributed by atoms with van der Waals surface area (Å²) >= 11 is 0. The number of carbonyl (C=O) groups excluding carboxylic acids is 2. The first-order chi connectivity index (χ1) is 15.4. The smallest absolute Gasteiger partial charge is 0.242 e. The van der Waals surface area contributed by atoms with Gasteiger partial charge in [0.25, 0.3) is 0 Å². The number of amides is 2. The highest BCUT2D eigenvalue weighted by molar-refractivity contribution is 5.88. The highest BCUT2D eigenvalue weighted by Crippen LogP contribution is 2.19. The molecule has 0 spiro atoms. The van der Waals surface area contributed by atoms with Gasteiger partial charge in [0.15, 0.2) is 0 Å². The SMILES string of the molecule is CNC(=O)[C@H](Cc1ccccc1)N(Cc1cccc(C)c1)C(=O)Cc1cc(C)ccc1C. The van der Waals surface area contributed by atoms with Crippen molar-refractivity contribution in [3.8, 4) is 0 Å². The third-order valence-corrected chi connectivity index (χ3v) is 5.80. The zero-order valence-corrected chi connectivity index (χ0v) is 19.4. The molecule has 3 aromatic carbocycles. The molecule has 0 aliphatic rings. The van der Waals surface area contributed by atoms with Gasteiger partial charge in [0.05, 0.1) is 6.42 Å². The first-order valence-corrected chi connectivity index (χ1v) is 11.0. The van der Waals surface area contributed by atoms with Gasteiger partial charge in [0.2, 0.25) is 11.8 Å². The molecule has 0 unspecified atom stereocenters. The number of nitrogens with one attached hydrogen (secondary N) is 1. The zero-order valence-electron chi connectivity index (χ0n) is 19.4. The van der Waals surface area contributed by atoms with E-state index in [-0.39, 0.29) is 18.2 Å². The highest BCUT2D eigenvalue weighted by atomic mass is 16.2. The normalized spacial score (nSPS) is 11.6. The minimum absolute atomic E-state index is 0.0512. The summed E-state index contributed by atoms with van der Waals surface area (Å²) in [6, 6.07) is 23.5. The topological polar surface area (TPSA) is 49.4 Å². The highest BCUT2D eigenvalue weighted by Gasteiger charge is 2.30. The van der Waals surface area contributed by atoms with Gasteiger partial charge in [-0.3, -0.25) is 9.59 Å². The van der Waals surface area contributed by atoms with E-state index >= 15 is 0 Å². The third-order valence-electron chi connectivity index (χ3n) is 5.80. The van der Waals surface area contributed by atoms with Crippen molar-refractivity contribution in [1.82, 2.24) is 10.2 Å². The number of likely N-dealkylation sites (N-methyl/N-ethyl adjacent to an activating group) is 1. The van der Waals surface area contributed by atoms with Gasteiger partial charge < -0.3 is 10.2 Å². The zero-order chi connectivity index (χ0) is 23.1. The molecule has 0 bridgehead atoms. The summed E-state index contributed by atoms with van der Waals surface area (Å²) in [6.07, 6.45) is 0.729. The van der Waals surface area contributed by atoms with Crippen LogP contribution in [0.1, 0.15) is 33.4 Å². The molecule has 0 saturated heterocycles. The quantitative estimate of drug-likeness (QED) is 0.573. The van der Waals surface area contributed by atoms with E-state index in [0.29, 0.717) is 13.0 Å². The number of hydrogen-bond donors (Lipinski definition) is 1. The maximum absolute atomic E-state index is 13.7. The van der Waals surface area contributed by atoms with E-state index in [1.165, 1.54) is 0 Å². The second-order valence-electron chi connectivity index (χ2n) is 8.44. The number of hydrogen-bond acceptors (Lipinski definition) is 2. The van der Waals surface area contributed by atoms with Crippen molar-refractivity contribution in [3.05, 3.63) is 106 Å². The van der Waals surface area contributed by atoms with Crippen LogP contribution in [0.5, 0.6) is 0 Å². The van der Waals surface area contributed by atoms with E-state index in [1.807, 2.05) is 75.4 Å². The Balaban J connectivity index is 1.97. The monoisotopic (exact) mass is 428 g/mol. The summed E-state index contributed by atoms with van der Waals surface area (Å²) in [5, 5.41) is 2.77. The minimum atomic E-state index is -0.597. The molecule has 166 valence electrons. The van der Waals surface area contributed by atoms with E-state index < -0.39 is 6.04 Å². The number of nitrogens with zero attached hydrogens (tertiary/aromatic N) is 1. The van der Waals surface area contributed by atoms with Crippen LogP contribution in [-0.4, -0.2) is 29.8 Å². The van der Waals surface area contributed by atoms with E-state index in [1.54, 1.807) is 11.9 Å². The van der Waals surface area contributed by atoms with Crippen molar-refractivity contribution < 1.29 is 9.59 Å². The Labute approximate surface area is 191 Å².